The van der Waals surface area contributed by atoms with E-state index < -0.39 is 30.6 Å². The molecule has 0 aromatic heterocycles. The summed E-state index contributed by atoms with van der Waals surface area (Å²) in [7, 11) is 0. The predicted molar refractivity (Wildman–Crippen MR) is 129 cm³/mol. The first-order valence-corrected chi connectivity index (χ1v) is 11.1. The molecule has 7 nitrogen and oxygen atoms in total. The average Bonchev–Trinajstić information content (AvgIpc) is 3.15. The summed E-state index contributed by atoms with van der Waals surface area (Å²) in [5.41, 5.74) is 5.01. The SMILES string of the molecule is C[C@H](CC(=O)N(CC(=O)O)c1ccccc1)NC(=O)OCC1c2ccccc2-c2ccccc21. The number of anilines is 1. The molecule has 0 aliphatic heterocycles. The van der Waals surface area contributed by atoms with E-state index >= 15 is 0 Å². The molecule has 3 aromatic rings. The van der Waals surface area contributed by atoms with E-state index in [4.69, 9.17) is 4.74 Å². The second-order valence-electron chi connectivity index (χ2n) is 8.28. The summed E-state index contributed by atoms with van der Waals surface area (Å²) in [4.78, 5) is 37.7. The number of amides is 2. The monoisotopic (exact) mass is 458 g/mol. The highest BCUT2D eigenvalue weighted by atomic mass is 16.5. The number of carboxylic acid groups (broad SMARTS) is 1. The first-order valence-electron chi connectivity index (χ1n) is 11.1. The van der Waals surface area contributed by atoms with E-state index in [2.05, 4.69) is 17.4 Å². The highest BCUT2D eigenvalue weighted by Crippen LogP contribution is 2.44. The zero-order valence-electron chi connectivity index (χ0n) is 18.8. The van der Waals surface area contributed by atoms with Gasteiger partial charge in [0.25, 0.3) is 0 Å². The normalized spacial score (nSPS) is 12.9. The molecule has 34 heavy (non-hydrogen) atoms. The Bertz CT molecular complexity index is 1150. The van der Waals surface area contributed by atoms with Crippen molar-refractivity contribution in [3.63, 3.8) is 0 Å². The summed E-state index contributed by atoms with van der Waals surface area (Å²) in [6.45, 7) is 1.40. The van der Waals surface area contributed by atoms with E-state index in [1.807, 2.05) is 36.4 Å². The fraction of sp³-hybridized carbons (Fsp3) is 0.222. The summed E-state index contributed by atoms with van der Waals surface area (Å²) < 4.78 is 5.53. The lowest BCUT2D eigenvalue weighted by molar-refractivity contribution is -0.136. The zero-order chi connectivity index (χ0) is 24.1. The Morgan fingerprint density at radius 1 is 0.912 bits per heavy atom. The molecule has 0 saturated carbocycles. The molecule has 7 heteroatoms. The molecule has 174 valence electrons. The largest absolute Gasteiger partial charge is 0.480 e. The molecule has 2 amide bonds. The number of alkyl carbamates (subject to hydrolysis) is 1. The molecule has 1 atom stereocenters. The highest BCUT2D eigenvalue weighted by molar-refractivity contribution is 5.97. The van der Waals surface area contributed by atoms with Gasteiger partial charge in [0, 0.05) is 24.1 Å². The predicted octanol–water partition coefficient (Wildman–Crippen LogP) is 4.42. The molecular formula is C27H26N2O5. The van der Waals surface area contributed by atoms with Crippen molar-refractivity contribution >= 4 is 23.7 Å². The van der Waals surface area contributed by atoms with E-state index in [1.54, 1.807) is 37.3 Å². The molecule has 1 aliphatic carbocycles. The van der Waals surface area contributed by atoms with Gasteiger partial charge in [0.15, 0.2) is 0 Å². The third-order valence-electron chi connectivity index (χ3n) is 5.85. The lowest BCUT2D eigenvalue weighted by Crippen LogP contribution is -2.41. The van der Waals surface area contributed by atoms with E-state index in [9.17, 15) is 19.5 Å². The number of carbonyl (C=O) groups excluding carboxylic acids is 2. The minimum atomic E-state index is -1.12. The number of benzene rings is 3. The van der Waals surface area contributed by atoms with Crippen molar-refractivity contribution in [1.82, 2.24) is 5.32 Å². The van der Waals surface area contributed by atoms with Gasteiger partial charge in [-0.1, -0.05) is 66.7 Å². The van der Waals surface area contributed by atoms with Crippen LogP contribution in [0.15, 0.2) is 78.9 Å². The first-order chi connectivity index (χ1) is 16.4. The van der Waals surface area contributed by atoms with Crippen LogP contribution in [-0.2, 0) is 14.3 Å². The summed E-state index contributed by atoms with van der Waals surface area (Å²) in [5, 5.41) is 11.9. The topological polar surface area (TPSA) is 95.9 Å². The summed E-state index contributed by atoms with van der Waals surface area (Å²) in [6, 6.07) is 24.2. The van der Waals surface area contributed by atoms with Crippen molar-refractivity contribution in [2.24, 2.45) is 0 Å². The van der Waals surface area contributed by atoms with Crippen molar-refractivity contribution in [3.05, 3.63) is 90.0 Å². The van der Waals surface area contributed by atoms with Gasteiger partial charge in [0.2, 0.25) is 5.91 Å². The lowest BCUT2D eigenvalue weighted by Gasteiger charge is -2.23. The molecule has 0 spiro atoms. The van der Waals surface area contributed by atoms with Gasteiger partial charge in [-0.05, 0) is 41.3 Å². The maximum Gasteiger partial charge on any atom is 0.407 e. The number of carboxylic acids is 1. The van der Waals surface area contributed by atoms with Gasteiger partial charge in [-0.25, -0.2) is 4.79 Å². The summed E-state index contributed by atoms with van der Waals surface area (Å²) in [6.07, 6.45) is -0.682. The maximum absolute atomic E-state index is 12.8. The summed E-state index contributed by atoms with van der Waals surface area (Å²) >= 11 is 0. The number of nitrogens with zero attached hydrogens (tertiary/aromatic N) is 1. The number of para-hydroxylation sites is 1. The number of rotatable bonds is 8. The van der Waals surface area contributed by atoms with Gasteiger partial charge in [-0.2, -0.15) is 0 Å². The second-order valence-corrected chi connectivity index (χ2v) is 8.28. The number of hydrogen-bond acceptors (Lipinski definition) is 4. The van der Waals surface area contributed by atoms with Crippen LogP contribution >= 0.6 is 0 Å². The van der Waals surface area contributed by atoms with Gasteiger partial charge < -0.3 is 20.1 Å². The van der Waals surface area contributed by atoms with E-state index in [0.29, 0.717) is 5.69 Å². The number of aliphatic carboxylic acids is 1. The molecule has 0 unspecified atom stereocenters. The highest BCUT2D eigenvalue weighted by Gasteiger charge is 2.29. The van der Waals surface area contributed by atoms with E-state index in [-0.39, 0.29) is 18.9 Å². The second kappa shape index (κ2) is 10.2. The molecule has 0 bridgehead atoms. The Balaban J connectivity index is 1.35. The van der Waals surface area contributed by atoms with Crippen molar-refractivity contribution in [2.75, 3.05) is 18.1 Å². The number of carbonyl (C=O) groups is 3. The van der Waals surface area contributed by atoms with Crippen LogP contribution in [-0.4, -0.2) is 42.3 Å². The number of hydrogen-bond donors (Lipinski definition) is 2. The van der Waals surface area contributed by atoms with Crippen molar-refractivity contribution < 1.29 is 24.2 Å². The molecule has 3 aromatic carbocycles. The molecular weight excluding hydrogens is 432 g/mol. The Labute approximate surface area is 198 Å². The number of nitrogens with one attached hydrogen (secondary N) is 1. The van der Waals surface area contributed by atoms with Gasteiger partial charge >= 0.3 is 12.1 Å². The van der Waals surface area contributed by atoms with Crippen molar-refractivity contribution in [1.29, 1.82) is 0 Å². The Hall–Kier alpha value is -4.13. The van der Waals surface area contributed by atoms with Crippen molar-refractivity contribution in [2.45, 2.75) is 25.3 Å². The van der Waals surface area contributed by atoms with Gasteiger partial charge in [-0.15, -0.1) is 0 Å². The van der Waals surface area contributed by atoms with Crippen molar-refractivity contribution in [3.8, 4) is 11.1 Å². The smallest absolute Gasteiger partial charge is 0.407 e. The minimum Gasteiger partial charge on any atom is -0.480 e. The lowest BCUT2D eigenvalue weighted by atomic mass is 9.98. The molecule has 0 fully saturated rings. The molecule has 2 N–H and O–H groups in total. The minimum absolute atomic E-state index is 0.0563. The maximum atomic E-state index is 12.8. The number of ether oxygens (including phenoxy) is 1. The molecule has 0 heterocycles. The van der Waals surface area contributed by atoms with Gasteiger partial charge in [0.1, 0.15) is 13.2 Å². The Morgan fingerprint density at radius 3 is 2.06 bits per heavy atom. The van der Waals surface area contributed by atoms with E-state index in [0.717, 1.165) is 22.3 Å². The van der Waals surface area contributed by atoms with Crippen LogP contribution in [0.3, 0.4) is 0 Å². The fourth-order valence-corrected chi connectivity index (χ4v) is 4.33. The quantitative estimate of drug-likeness (QED) is 0.521. The Kier molecular flexibility index (Phi) is 6.92. The van der Waals surface area contributed by atoms with Crippen LogP contribution in [0, 0.1) is 0 Å². The standard InChI is InChI=1S/C27H26N2O5/c1-18(15-25(30)29(16-26(31)32)19-9-3-2-4-10-19)28-27(33)34-17-24-22-13-7-5-11-20(22)21-12-6-8-14-23(21)24/h2-14,18,24H,15-17H2,1H3,(H,28,33)(H,31,32)/t18-/m1/s1. The zero-order valence-corrected chi connectivity index (χ0v) is 18.8. The molecule has 4 rings (SSSR count). The average molecular weight is 459 g/mol. The van der Waals surface area contributed by atoms with Crippen LogP contribution in [0.5, 0.6) is 0 Å². The van der Waals surface area contributed by atoms with Crippen LogP contribution in [0.4, 0.5) is 10.5 Å². The van der Waals surface area contributed by atoms with Gasteiger partial charge in [-0.3, -0.25) is 9.59 Å². The molecule has 0 saturated heterocycles. The van der Waals surface area contributed by atoms with Crippen LogP contribution in [0.25, 0.3) is 11.1 Å². The fourth-order valence-electron chi connectivity index (χ4n) is 4.33. The van der Waals surface area contributed by atoms with Gasteiger partial charge in [0.05, 0.1) is 0 Å². The molecule has 0 radical (unpaired) electrons. The van der Waals surface area contributed by atoms with Crippen LogP contribution < -0.4 is 10.2 Å². The number of fused-ring (bicyclic) bond motifs is 3. The van der Waals surface area contributed by atoms with E-state index in [1.165, 1.54) is 4.90 Å². The summed E-state index contributed by atoms with van der Waals surface area (Å²) in [5.74, 6) is -1.58. The third-order valence-corrected chi connectivity index (χ3v) is 5.85. The Morgan fingerprint density at radius 2 is 1.47 bits per heavy atom. The van der Waals surface area contributed by atoms with Crippen LogP contribution in [0.1, 0.15) is 30.4 Å². The third kappa shape index (κ3) is 5.09. The van der Waals surface area contributed by atoms with Crippen LogP contribution in [0.2, 0.25) is 0 Å². The molecule has 1 aliphatic rings. The first kappa shape index (κ1) is 23.0.